The normalized spacial score (nSPS) is 11.4. The van der Waals surface area contributed by atoms with Crippen LogP contribution in [0.25, 0.3) is 0 Å². The molecule has 1 N–H and O–H groups in total. The molecule has 0 aliphatic heterocycles. The molecule has 29 heavy (non-hydrogen) atoms. The van der Waals surface area contributed by atoms with E-state index < -0.39 is 11.7 Å². The first-order valence-electron chi connectivity index (χ1n) is 8.11. The molecular formula is C18H16ClF3I2N4Pt. The molecule has 0 unspecified atom stereocenters. The van der Waals surface area contributed by atoms with Crippen molar-refractivity contribution in [2.45, 2.75) is 19.1 Å². The van der Waals surface area contributed by atoms with Crippen molar-refractivity contribution in [1.82, 2.24) is 16.1 Å². The molecular weight excluding hydrogens is 814 g/mol. The molecule has 0 atom stereocenters. The third kappa shape index (κ3) is 8.80. The van der Waals surface area contributed by atoms with Gasteiger partial charge >= 0.3 is 112 Å². The number of aromatic amines is 1. The van der Waals surface area contributed by atoms with Crippen molar-refractivity contribution in [3.63, 3.8) is 0 Å². The van der Waals surface area contributed by atoms with Gasteiger partial charge in [-0.15, -0.1) is 0 Å². The molecule has 0 amide bonds. The summed E-state index contributed by atoms with van der Waals surface area (Å²) >= 11 is 12.3. The van der Waals surface area contributed by atoms with E-state index in [9.17, 15) is 13.2 Å². The Morgan fingerprint density at radius 2 is 1.62 bits per heavy atom. The summed E-state index contributed by atoms with van der Waals surface area (Å²) in [5, 5.41) is 3.81. The second kappa shape index (κ2) is 11.4. The number of nitrogens with zero attached hydrogens (tertiary/aromatic N) is 3. The molecule has 1 aromatic heterocycles. The van der Waals surface area contributed by atoms with E-state index in [4.69, 9.17) is 11.6 Å². The number of aryl methyl sites for hydroxylation is 1. The molecule has 0 radical (unpaired) electrons. The Labute approximate surface area is 210 Å². The fourth-order valence-electron chi connectivity index (χ4n) is 2.25. The van der Waals surface area contributed by atoms with E-state index in [1.807, 2.05) is 31.3 Å². The predicted molar refractivity (Wildman–Crippen MR) is 120 cm³/mol. The van der Waals surface area contributed by atoms with Crippen molar-refractivity contribution in [1.29, 1.82) is 0 Å². The van der Waals surface area contributed by atoms with Crippen LogP contribution in [0.15, 0.2) is 48.5 Å². The Morgan fingerprint density at radius 3 is 2.07 bits per heavy atom. The molecule has 3 aromatic rings. The third-order valence-electron chi connectivity index (χ3n) is 3.64. The van der Waals surface area contributed by atoms with Gasteiger partial charge in [0.15, 0.2) is 0 Å². The average Bonchev–Trinajstić information content (AvgIpc) is 2.94. The van der Waals surface area contributed by atoms with Crippen molar-refractivity contribution in [2.75, 3.05) is 0 Å². The predicted octanol–water partition coefficient (Wildman–Crippen LogP) is 6.28. The van der Waals surface area contributed by atoms with Crippen molar-refractivity contribution in [3.05, 3.63) is 79.9 Å². The fraction of sp³-hybridized carbons (Fsp3) is 0.222. The summed E-state index contributed by atoms with van der Waals surface area (Å²) in [7, 11) is 1.82. The minimum absolute atomic E-state index is 0.481. The average molecular weight is 830 g/mol. The fourth-order valence-corrected chi connectivity index (χ4v) is 3.60. The summed E-state index contributed by atoms with van der Waals surface area (Å²) in [5.74, 6) is 0.724. The van der Waals surface area contributed by atoms with Gasteiger partial charge in [-0.3, -0.25) is 0 Å². The molecule has 0 bridgehead atoms. The monoisotopic (exact) mass is 829 g/mol. The molecule has 0 saturated heterocycles. The van der Waals surface area contributed by atoms with Crippen molar-refractivity contribution < 1.29 is 32.5 Å². The van der Waals surface area contributed by atoms with Crippen molar-refractivity contribution in [3.8, 4) is 0 Å². The van der Waals surface area contributed by atoms with Crippen LogP contribution in [0.3, 0.4) is 0 Å². The van der Waals surface area contributed by atoms with E-state index >= 15 is 0 Å². The molecule has 0 aliphatic carbocycles. The van der Waals surface area contributed by atoms with Crippen LogP contribution in [-0.4, -0.2) is 16.1 Å². The number of hydrogen-bond acceptors (Lipinski definition) is 2. The van der Waals surface area contributed by atoms with Crippen LogP contribution in [0.2, 0.25) is 5.02 Å². The first-order chi connectivity index (χ1) is 13.5. The van der Waals surface area contributed by atoms with Gasteiger partial charge < -0.3 is 0 Å². The van der Waals surface area contributed by atoms with Gasteiger partial charge in [0.1, 0.15) is 0 Å². The van der Waals surface area contributed by atoms with Crippen molar-refractivity contribution in [2.24, 2.45) is 7.05 Å². The van der Waals surface area contributed by atoms with E-state index in [-0.39, 0.29) is 0 Å². The summed E-state index contributed by atoms with van der Waals surface area (Å²) in [6.45, 7) is 0.943. The van der Waals surface area contributed by atoms with Crippen LogP contribution in [0.1, 0.15) is 22.5 Å². The third-order valence-corrected chi connectivity index (χ3v) is 5.59. The number of aromatic nitrogens is 3. The Hall–Kier alpha value is -0.232. The molecule has 0 fully saturated rings. The number of benzene rings is 2. The van der Waals surface area contributed by atoms with Crippen LogP contribution in [0, 0.1) is 3.80 Å². The zero-order chi connectivity index (χ0) is 21.6. The second-order valence-electron chi connectivity index (χ2n) is 5.93. The number of alkyl halides is 3. The Balaban J connectivity index is 0.000000234. The van der Waals surface area contributed by atoms with E-state index in [0.717, 1.165) is 38.9 Å². The Morgan fingerprint density at radius 1 is 1.07 bits per heavy atom. The molecule has 3 rings (SSSR count). The number of hydrogen-bond donors (Lipinski definition) is 1. The van der Waals surface area contributed by atoms with Crippen LogP contribution in [0.4, 0.5) is 13.2 Å². The maximum absolute atomic E-state index is 12.4. The molecule has 4 nitrogen and oxygen atoms in total. The standard InChI is InChI=1S/C11H10F3N3.C7H6ClI2N.Pt/c1-17-7-15-10(16-17)6-8-2-4-9(5-3-8)11(12,13)14;8-7-3-1-6(2-4-7)5-11(9)10;/h2-5H,6H2,1H3,(H,15,16);1-4H,5H2;. The Kier molecular flexibility index (Phi) is 9.84. The first-order valence-corrected chi connectivity index (χ1v) is 11.6. The number of halogens is 6. The zero-order valence-electron chi connectivity index (χ0n) is 15.0. The summed E-state index contributed by atoms with van der Waals surface area (Å²) in [6.07, 6.45) is -3.81. The van der Waals surface area contributed by atoms with E-state index in [0.29, 0.717) is 6.42 Å². The zero-order valence-corrected chi connectivity index (χ0v) is 22.3. The number of nitrogens with one attached hydrogen (secondary N) is 1. The van der Waals surface area contributed by atoms with Crippen molar-refractivity contribution >= 4 is 57.3 Å². The molecule has 0 saturated carbocycles. The first kappa shape index (κ1) is 25.0. The van der Waals surface area contributed by atoms with Crippen LogP contribution >= 0.6 is 57.3 Å². The molecule has 11 heteroatoms. The summed E-state index contributed by atoms with van der Waals surface area (Å²) < 4.78 is 41.8. The van der Waals surface area contributed by atoms with Gasteiger partial charge in [-0.05, 0) is 17.7 Å². The summed E-state index contributed by atoms with van der Waals surface area (Å²) in [6, 6.07) is 13.0. The number of H-pyrrole nitrogens is 1. The number of rotatable bonds is 4. The van der Waals surface area contributed by atoms with Gasteiger partial charge in [0.05, 0.1) is 0 Å². The van der Waals surface area contributed by atoms with E-state index in [2.05, 4.69) is 76.5 Å². The minimum atomic E-state index is -4.29. The summed E-state index contributed by atoms with van der Waals surface area (Å²) in [5.41, 5.74) is 1.43. The van der Waals surface area contributed by atoms with Gasteiger partial charge in [0.25, 0.3) is 0 Å². The van der Waals surface area contributed by atoms with Crippen LogP contribution in [0.5, 0.6) is 0 Å². The van der Waals surface area contributed by atoms with Crippen LogP contribution in [-0.2, 0) is 45.5 Å². The van der Waals surface area contributed by atoms with E-state index in [1.54, 1.807) is 4.68 Å². The van der Waals surface area contributed by atoms with Gasteiger partial charge in [-0.25, -0.2) is 0 Å². The topological polar surface area (TPSA) is 36.9 Å². The van der Waals surface area contributed by atoms with Gasteiger partial charge in [-0.2, -0.15) is 1.33 Å². The molecule has 2 aromatic carbocycles. The molecule has 0 spiro atoms. The molecule has 0 aliphatic rings. The van der Waals surface area contributed by atoms with Gasteiger partial charge in [0, 0.05) is 57.3 Å². The molecule has 160 valence electrons. The SMILES string of the molecule is Clc1ccc(CN(I)I)cc1.Cn1[nH]c(Cc2ccc(C(F)(F)F)cc2)n[c]1=[Pt]. The Bertz CT molecular complexity index is 971. The quantitative estimate of drug-likeness (QED) is 0.249. The van der Waals surface area contributed by atoms with Crippen LogP contribution < -0.4 is 0 Å². The van der Waals surface area contributed by atoms with Gasteiger partial charge in [-0.1, -0.05) is 23.7 Å². The van der Waals surface area contributed by atoms with E-state index in [1.165, 1.54) is 17.7 Å². The van der Waals surface area contributed by atoms with Gasteiger partial charge in [0.2, 0.25) is 0 Å². The summed E-state index contributed by atoms with van der Waals surface area (Å²) in [4.78, 5) is 4.25. The molecule has 1 heterocycles. The maximum atomic E-state index is 12.4. The second-order valence-corrected chi connectivity index (χ2v) is 11.6.